The van der Waals surface area contributed by atoms with Crippen molar-refractivity contribution in [1.29, 1.82) is 0 Å². The largest absolute Gasteiger partial charge is 0.383 e. The Bertz CT molecular complexity index is 955. The topological polar surface area (TPSA) is 87.9 Å². The molecule has 4 unspecified atom stereocenters. The highest BCUT2D eigenvalue weighted by molar-refractivity contribution is 7.12. The van der Waals surface area contributed by atoms with Gasteiger partial charge in [0.05, 0.1) is 11.5 Å². The molecule has 0 radical (unpaired) electrons. The molecule has 7 nitrogen and oxygen atoms in total. The first-order valence-corrected chi connectivity index (χ1v) is 14.1. The number of thiophene rings is 1. The van der Waals surface area contributed by atoms with Crippen LogP contribution in [0.3, 0.4) is 0 Å². The van der Waals surface area contributed by atoms with Crippen LogP contribution in [0.4, 0.5) is 0 Å². The van der Waals surface area contributed by atoms with Crippen molar-refractivity contribution >= 4 is 23.2 Å². The molecule has 2 amide bonds. The maximum absolute atomic E-state index is 13.5. The van der Waals surface area contributed by atoms with Crippen LogP contribution < -0.4 is 11.1 Å². The Morgan fingerprint density at radius 1 is 1.14 bits per heavy atom. The van der Waals surface area contributed by atoms with E-state index in [-0.39, 0.29) is 17.9 Å². The van der Waals surface area contributed by atoms with Crippen molar-refractivity contribution in [2.75, 3.05) is 39.9 Å². The van der Waals surface area contributed by atoms with Gasteiger partial charge in [-0.05, 0) is 61.1 Å². The highest BCUT2D eigenvalue weighted by Crippen LogP contribution is 2.29. The lowest BCUT2D eigenvalue weighted by molar-refractivity contribution is -0.125. The van der Waals surface area contributed by atoms with Crippen LogP contribution in [0.15, 0.2) is 47.8 Å². The average molecular weight is 513 g/mol. The fraction of sp³-hybridized carbons (Fsp3) is 0.571. The van der Waals surface area contributed by atoms with Crippen molar-refractivity contribution in [2.24, 2.45) is 17.6 Å². The Labute approximate surface area is 219 Å². The summed E-state index contributed by atoms with van der Waals surface area (Å²) in [5.74, 6) is 0.926. The molecule has 196 valence electrons. The third-order valence-corrected chi connectivity index (χ3v) is 8.55. The molecule has 4 atom stereocenters. The molecule has 0 spiro atoms. The lowest BCUT2D eigenvalue weighted by atomic mass is 9.81. The molecule has 4 rings (SSSR count). The Hall–Kier alpha value is -2.26. The molecule has 1 saturated carbocycles. The van der Waals surface area contributed by atoms with Gasteiger partial charge in [-0.3, -0.25) is 14.5 Å². The zero-order chi connectivity index (χ0) is 25.3. The predicted octanol–water partition coefficient (Wildman–Crippen LogP) is 3.36. The molecule has 1 aromatic heterocycles. The van der Waals surface area contributed by atoms with Crippen LogP contribution >= 0.6 is 11.3 Å². The molecule has 2 fully saturated rings. The second kappa shape index (κ2) is 13.3. The molecular formula is C28H40N4O3S. The number of methoxy groups -OCH3 is 1. The van der Waals surface area contributed by atoms with Gasteiger partial charge in [-0.25, -0.2) is 0 Å². The summed E-state index contributed by atoms with van der Waals surface area (Å²) >= 11 is 1.43. The van der Waals surface area contributed by atoms with Crippen LogP contribution in [0, 0.1) is 11.8 Å². The molecule has 2 heterocycles. The molecule has 1 saturated heterocycles. The van der Waals surface area contributed by atoms with E-state index in [9.17, 15) is 9.59 Å². The number of likely N-dealkylation sites (tertiary alicyclic amines) is 1. The van der Waals surface area contributed by atoms with E-state index in [0.717, 1.165) is 32.5 Å². The number of hydrogen-bond donors (Lipinski definition) is 2. The number of benzene rings is 1. The van der Waals surface area contributed by atoms with Crippen LogP contribution in [0.5, 0.6) is 0 Å². The number of carbonyl (C=O) groups is 2. The number of nitrogens with zero attached hydrogens (tertiary/aromatic N) is 2. The third-order valence-electron chi connectivity index (χ3n) is 7.69. The van der Waals surface area contributed by atoms with Crippen LogP contribution in [0.25, 0.3) is 0 Å². The Kier molecular flexibility index (Phi) is 9.92. The minimum Gasteiger partial charge on any atom is -0.383 e. The van der Waals surface area contributed by atoms with E-state index in [0.29, 0.717) is 42.8 Å². The summed E-state index contributed by atoms with van der Waals surface area (Å²) in [6.07, 6.45) is 5.18. The Morgan fingerprint density at radius 3 is 2.67 bits per heavy atom. The first kappa shape index (κ1) is 26.8. The van der Waals surface area contributed by atoms with Crippen LogP contribution in [-0.4, -0.2) is 73.6 Å². The fourth-order valence-electron chi connectivity index (χ4n) is 5.67. The van der Waals surface area contributed by atoms with Crippen LogP contribution in [0.1, 0.15) is 47.3 Å². The number of nitrogens with one attached hydrogen (secondary N) is 1. The molecule has 1 aliphatic heterocycles. The molecule has 2 aliphatic rings. The number of amides is 2. The Balaban J connectivity index is 1.47. The van der Waals surface area contributed by atoms with Gasteiger partial charge in [0.2, 0.25) is 5.91 Å². The van der Waals surface area contributed by atoms with Crippen molar-refractivity contribution < 1.29 is 14.3 Å². The lowest BCUT2D eigenvalue weighted by Gasteiger charge is -2.29. The van der Waals surface area contributed by atoms with Gasteiger partial charge in [-0.2, -0.15) is 0 Å². The van der Waals surface area contributed by atoms with E-state index in [1.54, 1.807) is 12.0 Å². The van der Waals surface area contributed by atoms with Gasteiger partial charge in [0, 0.05) is 39.3 Å². The highest BCUT2D eigenvalue weighted by atomic mass is 32.1. The number of carbonyl (C=O) groups excluding carboxylic acids is 2. The zero-order valence-electron chi connectivity index (χ0n) is 21.3. The van der Waals surface area contributed by atoms with Gasteiger partial charge < -0.3 is 20.7 Å². The molecular weight excluding hydrogens is 472 g/mol. The smallest absolute Gasteiger partial charge is 0.264 e. The summed E-state index contributed by atoms with van der Waals surface area (Å²) in [7, 11) is 1.71. The van der Waals surface area contributed by atoms with E-state index < -0.39 is 6.04 Å². The lowest BCUT2D eigenvalue weighted by Crippen LogP contribution is -2.47. The summed E-state index contributed by atoms with van der Waals surface area (Å²) in [4.78, 5) is 31.8. The van der Waals surface area contributed by atoms with Crippen molar-refractivity contribution in [3.8, 4) is 0 Å². The monoisotopic (exact) mass is 512 g/mol. The maximum atomic E-state index is 13.5. The van der Waals surface area contributed by atoms with Crippen molar-refractivity contribution in [1.82, 2.24) is 15.1 Å². The molecule has 2 aromatic rings. The molecule has 8 heteroatoms. The summed E-state index contributed by atoms with van der Waals surface area (Å²) in [5, 5.41) is 5.12. The van der Waals surface area contributed by atoms with Gasteiger partial charge in [0.15, 0.2) is 0 Å². The fourth-order valence-corrected chi connectivity index (χ4v) is 6.35. The molecule has 36 heavy (non-hydrogen) atoms. The Morgan fingerprint density at radius 2 is 1.94 bits per heavy atom. The van der Waals surface area contributed by atoms with Gasteiger partial charge in [-0.15, -0.1) is 11.3 Å². The molecule has 0 bridgehead atoms. The minimum atomic E-state index is -0.473. The van der Waals surface area contributed by atoms with Gasteiger partial charge in [0.25, 0.3) is 5.91 Å². The summed E-state index contributed by atoms with van der Waals surface area (Å²) in [5.41, 5.74) is 7.12. The summed E-state index contributed by atoms with van der Waals surface area (Å²) < 4.78 is 5.39. The first-order valence-electron chi connectivity index (χ1n) is 13.2. The van der Waals surface area contributed by atoms with E-state index in [4.69, 9.17) is 10.5 Å². The van der Waals surface area contributed by atoms with Gasteiger partial charge in [0.1, 0.15) is 6.04 Å². The maximum Gasteiger partial charge on any atom is 0.264 e. The quantitative estimate of drug-likeness (QED) is 0.482. The normalized spacial score (nSPS) is 24.2. The first-order chi connectivity index (χ1) is 17.6. The average Bonchev–Trinajstić information content (AvgIpc) is 3.61. The van der Waals surface area contributed by atoms with E-state index in [1.807, 2.05) is 35.7 Å². The number of hydrogen-bond acceptors (Lipinski definition) is 6. The van der Waals surface area contributed by atoms with Crippen LogP contribution in [-0.2, 0) is 16.1 Å². The van der Waals surface area contributed by atoms with Crippen molar-refractivity contribution in [3.63, 3.8) is 0 Å². The van der Waals surface area contributed by atoms with Gasteiger partial charge in [-0.1, -0.05) is 42.8 Å². The SMILES string of the molecule is COCCN(Cc1ccccc1)C1CC(C(=O)NCC2CCCC(CN)C2)N(C(=O)c2cccs2)C1. The number of ether oxygens (including phenoxy) is 1. The highest BCUT2D eigenvalue weighted by Gasteiger charge is 2.42. The van der Waals surface area contributed by atoms with Crippen LogP contribution in [0.2, 0.25) is 0 Å². The number of rotatable bonds is 11. The third kappa shape index (κ3) is 6.94. The molecule has 1 aliphatic carbocycles. The summed E-state index contributed by atoms with van der Waals surface area (Å²) in [6.45, 7) is 4.01. The van der Waals surface area contributed by atoms with E-state index in [2.05, 4.69) is 22.3 Å². The van der Waals surface area contributed by atoms with Gasteiger partial charge >= 0.3 is 0 Å². The molecule has 1 aromatic carbocycles. The van der Waals surface area contributed by atoms with Crippen molar-refractivity contribution in [2.45, 2.75) is 50.7 Å². The number of nitrogens with two attached hydrogens (primary N) is 1. The summed E-state index contributed by atoms with van der Waals surface area (Å²) in [6, 6.07) is 13.7. The zero-order valence-corrected chi connectivity index (χ0v) is 22.1. The second-order valence-corrected chi connectivity index (χ2v) is 11.1. The second-order valence-electron chi connectivity index (χ2n) is 10.2. The van der Waals surface area contributed by atoms with E-state index >= 15 is 0 Å². The van der Waals surface area contributed by atoms with E-state index in [1.165, 1.54) is 29.7 Å². The standard InChI is InChI=1S/C28H40N4O3S/c1-35-13-12-31(19-21-7-3-2-4-8-21)24-16-25(32(20-24)28(34)26-11-6-14-36-26)27(33)30-18-23-10-5-9-22(15-23)17-29/h2-4,6-8,11,14,22-25H,5,9-10,12-13,15-20,29H2,1H3,(H,30,33). The van der Waals surface area contributed by atoms with Crippen molar-refractivity contribution in [3.05, 3.63) is 58.3 Å². The predicted molar refractivity (Wildman–Crippen MR) is 144 cm³/mol. The minimum absolute atomic E-state index is 0.0383. The molecule has 3 N–H and O–H groups in total.